The van der Waals surface area contributed by atoms with E-state index in [2.05, 4.69) is 17.3 Å². The number of carbonyl (C=O) groups excluding carboxylic acids is 1. The average Bonchev–Trinajstić information content (AvgIpc) is 2.70. The van der Waals surface area contributed by atoms with Gasteiger partial charge < -0.3 is 15.0 Å². The molecule has 0 saturated carbocycles. The van der Waals surface area contributed by atoms with Crippen LogP contribution in [0.4, 0.5) is 0 Å². The Morgan fingerprint density at radius 1 is 1.21 bits per heavy atom. The second-order valence-corrected chi connectivity index (χ2v) is 9.79. The van der Waals surface area contributed by atoms with E-state index >= 15 is 0 Å². The maximum absolute atomic E-state index is 12.8. The van der Waals surface area contributed by atoms with Crippen molar-refractivity contribution in [1.29, 1.82) is 0 Å². The van der Waals surface area contributed by atoms with Gasteiger partial charge in [-0.2, -0.15) is 4.31 Å². The highest BCUT2D eigenvalue weighted by Crippen LogP contribution is 2.24. The van der Waals surface area contributed by atoms with E-state index in [0.717, 1.165) is 32.4 Å². The molecule has 2 aliphatic rings. The third-order valence-corrected chi connectivity index (χ3v) is 7.69. The molecule has 2 heterocycles. The number of nitrogens with one attached hydrogen (secondary N) is 1. The van der Waals surface area contributed by atoms with Gasteiger partial charge in [0, 0.05) is 19.6 Å². The van der Waals surface area contributed by atoms with Crippen molar-refractivity contribution >= 4 is 27.5 Å². The van der Waals surface area contributed by atoms with Crippen LogP contribution in [0.3, 0.4) is 0 Å². The van der Waals surface area contributed by atoms with E-state index in [1.54, 1.807) is 0 Å². The van der Waals surface area contributed by atoms with Gasteiger partial charge in [0.05, 0.1) is 28.7 Å². The number of amides is 1. The van der Waals surface area contributed by atoms with Crippen molar-refractivity contribution in [3.8, 4) is 0 Å². The fraction of sp³-hybridized carbons (Fsp3) is 0.632. The molecule has 0 unspecified atom stereocenters. The van der Waals surface area contributed by atoms with Gasteiger partial charge >= 0.3 is 0 Å². The minimum absolute atomic E-state index is 0.0827. The number of ether oxygens (including phenoxy) is 1. The summed E-state index contributed by atoms with van der Waals surface area (Å²) < 4.78 is 32.2. The maximum atomic E-state index is 12.8. The van der Waals surface area contributed by atoms with E-state index in [0.29, 0.717) is 38.8 Å². The zero-order valence-electron chi connectivity index (χ0n) is 16.2. The molecule has 2 fully saturated rings. The normalized spacial score (nSPS) is 20.2. The van der Waals surface area contributed by atoms with Gasteiger partial charge in [0.2, 0.25) is 10.0 Å². The fourth-order valence-corrected chi connectivity index (χ4v) is 5.25. The third-order valence-electron chi connectivity index (χ3n) is 5.47. The Labute approximate surface area is 172 Å². The molecule has 1 amide bonds. The number of sulfonamides is 1. The average molecular weight is 430 g/mol. The van der Waals surface area contributed by atoms with Crippen molar-refractivity contribution in [2.45, 2.75) is 24.2 Å². The largest absolute Gasteiger partial charge is 0.379 e. The number of hydrogen-bond acceptors (Lipinski definition) is 5. The number of morpholine rings is 1. The summed E-state index contributed by atoms with van der Waals surface area (Å²) in [6.45, 7) is 4.10. The van der Waals surface area contributed by atoms with Crippen LogP contribution in [0.5, 0.6) is 0 Å². The van der Waals surface area contributed by atoms with Crippen LogP contribution in [-0.4, -0.2) is 76.5 Å². The lowest BCUT2D eigenvalue weighted by Gasteiger charge is -2.28. The molecule has 0 aromatic heterocycles. The van der Waals surface area contributed by atoms with E-state index in [4.69, 9.17) is 16.3 Å². The van der Waals surface area contributed by atoms with Gasteiger partial charge in [-0.3, -0.25) is 4.79 Å². The van der Waals surface area contributed by atoms with Crippen molar-refractivity contribution in [2.24, 2.45) is 5.92 Å². The van der Waals surface area contributed by atoms with Gasteiger partial charge in [-0.1, -0.05) is 11.6 Å². The van der Waals surface area contributed by atoms with E-state index < -0.39 is 10.0 Å². The van der Waals surface area contributed by atoms with Crippen molar-refractivity contribution in [3.63, 3.8) is 0 Å². The summed E-state index contributed by atoms with van der Waals surface area (Å²) in [4.78, 5) is 15.0. The molecular formula is C19H28ClN3O4S. The van der Waals surface area contributed by atoms with Crippen molar-refractivity contribution < 1.29 is 17.9 Å². The first-order valence-corrected chi connectivity index (χ1v) is 11.5. The molecule has 1 aromatic rings. The number of nitrogens with zero attached hydrogens (tertiary/aromatic N) is 2. The molecule has 0 spiro atoms. The van der Waals surface area contributed by atoms with E-state index in [9.17, 15) is 13.2 Å². The quantitative estimate of drug-likeness (QED) is 0.746. The Morgan fingerprint density at radius 3 is 2.57 bits per heavy atom. The molecule has 2 aliphatic heterocycles. The summed E-state index contributed by atoms with van der Waals surface area (Å²) in [7, 11) is -1.54. The van der Waals surface area contributed by atoms with Crippen LogP contribution in [0.15, 0.2) is 23.1 Å². The molecule has 3 rings (SSSR count). The van der Waals surface area contributed by atoms with Gasteiger partial charge in [0.15, 0.2) is 0 Å². The summed E-state index contributed by atoms with van der Waals surface area (Å²) in [5.41, 5.74) is 0.194. The molecule has 1 aromatic carbocycles. The van der Waals surface area contributed by atoms with Crippen LogP contribution in [-0.2, 0) is 14.8 Å². The molecule has 9 heteroatoms. The minimum atomic E-state index is -3.67. The van der Waals surface area contributed by atoms with Crippen molar-refractivity contribution in [3.05, 3.63) is 28.8 Å². The molecule has 156 valence electrons. The van der Waals surface area contributed by atoms with E-state index in [1.165, 1.54) is 22.5 Å². The molecule has 2 saturated heterocycles. The monoisotopic (exact) mass is 429 g/mol. The zero-order valence-corrected chi connectivity index (χ0v) is 17.8. The number of carbonyl (C=O) groups is 1. The molecule has 0 atom stereocenters. The summed E-state index contributed by atoms with van der Waals surface area (Å²) in [5.74, 6) is 0.275. The molecular weight excluding hydrogens is 402 g/mol. The van der Waals surface area contributed by atoms with E-state index in [-0.39, 0.29) is 21.4 Å². The van der Waals surface area contributed by atoms with Crippen LogP contribution < -0.4 is 5.32 Å². The third kappa shape index (κ3) is 5.24. The minimum Gasteiger partial charge on any atom is -0.379 e. The van der Waals surface area contributed by atoms with Gasteiger partial charge in [-0.15, -0.1) is 0 Å². The van der Waals surface area contributed by atoms with Crippen LogP contribution in [0.1, 0.15) is 29.6 Å². The van der Waals surface area contributed by atoms with Crippen LogP contribution in [0.25, 0.3) is 0 Å². The first-order chi connectivity index (χ1) is 13.4. The van der Waals surface area contributed by atoms with Gasteiger partial charge in [0.25, 0.3) is 5.91 Å². The van der Waals surface area contributed by atoms with Gasteiger partial charge in [-0.25, -0.2) is 8.42 Å². The smallest absolute Gasteiger partial charge is 0.252 e. The van der Waals surface area contributed by atoms with Gasteiger partial charge in [0.1, 0.15) is 0 Å². The number of benzene rings is 1. The van der Waals surface area contributed by atoms with Crippen molar-refractivity contribution in [2.75, 3.05) is 53.0 Å². The predicted molar refractivity (Wildman–Crippen MR) is 108 cm³/mol. The predicted octanol–water partition coefficient (Wildman–Crippen LogP) is 1.82. The van der Waals surface area contributed by atoms with Crippen LogP contribution >= 0.6 is 11.6 Å². The van der Waals surface area contributed by atoms with Gasteiger partial charge in [-0.05, 0) is 63.5 Å². The lowest BCUT2D eigenvalue weighted by molar-refractivity contribution is 0.0730. The van der Waals surface area contributed by atoms with Crippen LogP contribution in [0, 0.1) is 5.92 Å². The number of rotatable bonds is 6. The lowest BCUT2D eigenvalue weighted by atomic mass is 9.94. The van der Waals surface area contributed by atoms with Crippen molar-refractivity contribution in [1.82, 2.24) is 14.5 Å². The number of halogens is 1. The highest BCUT2D eigenvalue weighted by atomic mass is 35.5. The summed E-state index contributed by atoms with van der Waals surface area (Å²) in [6, 6.07) is 4.29. The molecule has 0 radical (unpaired) electrons. The Hall–Kier alpha value is -1.19. The standard InChI is InChI=1S/C19H28ClN3O4S/c1-22-8-5-15(6-9-22)4-7-21-19(24)17-14-16(2-3-18(17)20)28(25,26)23-10-12-27-13-11-23/h2-3,14-15H,4-13H2,1H3,(H,21,24). The summed E-state index contributed by atoms with van der Waals surface area (Å²) in [5, 5.41) is 3.14. The topological polar surface area (TPSA) is 79.0 Å². The fourth-order valence-electron chi connectivity index (χ4n) is 3.61. The Morgan fingerprint density at radius 2 is 1.89 bits per heavy atom. The molecule has 1 N–H and O–H groups in total. The number of hydrogen-bond donors (Lipinski definition) is 1. The number of piperidine rings is 1. The maximum Gasteiger partial charge on any atom is 0.252 e. The first kappa shape index (κ1) is 21.5. The Balaban J connectivity index is 1.63. The second-order valence-electron chi connectivity index (χ2n) is 7.45. The molecule has 28 heavy (non-hydrogen) atoms. The zero-order chi connectivity index (χ0) is 20.1. The first-order valence-electron chi connectivity index (χ1n) is 9.72. The Kier molecular flexibility index (Phi) is 7.33. The summed E-state index contributed by atoms with van der Waals surface area (Å²) >= 11 is 6.18. The molecule has 7 nitrogen and oxygen atoms in total. The second kappa shape index (κ2) is 9.54. The number of likely N-dealkylation sites (tertiary alicyclic amines) is 1. The van der Waals surface area contributed by atoms with Crippen LogP contribution in [0.2, 0.25) is 5.02 Å². The highest BCUT2D eigenvalue weighted by Gasteiger charge is 2.27. The SMILES string of the molecule is CN1CCC(CCNC(=O)c2cc(S(=O)(=O)N3CCOCC3)ccc2Cl)CC1. The molecule has 0 bridgehead atoms. The van der Waals surface area contributed by atoms with E-state index in [1.807, 2.05) is 0 Å². The summed E-state index contributed by atoms with van der Waals surface area (Å²) in [6.07, 6.45) is 3.20. The lowest BCUT2D eigenvalue weighted by Crippen LogP contribution is -2.40. The molecule has 0 aliphatic carbocycles. The highest BCUT2D eigenvalue weighted by molar-refractivity contribution is 7.89. The Bertz CT molecular complexity index is 788.